The van der Waals surface area contributed by atoms with Crippen molar-refractivity contribution in [2.45, 2.75) is 32.7 Å². The van der Waals surface area contributed by atoms with Gasteiger partial charge < -0.3 is 15.3 Å². The summed E-state index contributed by atoms with van der Waals surface area (Å²) in [6, 6.07) is 5.51. The van der Waals surface area contributed by atoms with Gasteiger partial charge in [-0.1, -0.05) is 19.1 Å². The van der Waals surface area contributed by atoms with Crippen molar-refractivity contribution < 1.29 is 19.1 Å². The maximum absolute atomic E-state index is 12.8. The number of amides is 2. The third-order valence-electron chi connectivity index (χ3n) is 2.93. The van der Waals surface area contributed by atoms with Crippen LogP contribution in [-0.2, 0) is 11.2 Å². The molecule has 0 heterocycles. The number of hydrogen-bond acceptors (Lipinski definition) is 2. The first-order valence-electron chi connectivity index (χ1n) is 6.94. The summed E-state index contributed by atoms with van der Waals surface area (Å²) in [5.41, 5.74) is 0.907. The Hall–Kier alpha value is -2.11. The van der Waals surface area contributed by atoms with Gasteiger partial charge in [-0.15, -0.1) is 0 Å². The summed E-state index contributed by atoms with van der Waals surface area (Å²) in [6.07, 6.45) is 1.24. The molecule has 1 aromatic rings. The zero-order valence-electron chi connectivity index (χ0n) is 12.3. The van der Waals surface area contributed by atoms with E-state index in [1.165, 1.54) is 17.0 Å². The van der Waals surface area contributed by atoms with Gasteiger partial charge in [0.2, 0.25) is 0 Å². The highest BCUT2D eigenvalue weighted by Gasteiger charge is 2.17. The topological polar surface area (TPSA) is 69.6 Å². The molecule has 21 heavy (non-hydrogen) atoms. The van der Waals surface area contributed by atoms with Gasteiger partial charge in [0.25, 0.3) is 0 Å². The average Bonchev–Trinajstić information content (AvgIpc) is 2.40. The van der Waals surface area contributed by atoms with E-state index in [0.717, 1.165) is 5.56 Å². The highest BCUT2D eigenvalue weighted by molar-refractivity contribution is 5.80. The lowest BCUT2D eigenvalue weighted by atomic mass is 10.1. The van der Waals surface area contributed by atoms with Crippen molar-refractivity contribution in [1.82, 2.24) is 10.2 Å². The van der Waals surface area contributed by atoms with E-state index >= 15 is 0 Å². The molecule has 2 amide bonds. The number of carbonyl (C=O) groups excluding carboxylic acids is 1. The molecule has 0 aliphatic carbocycles. The Morgan fingerprint density at radius 1 is 1.33 bits per heavy atom. The molecule has 0 spiro atoms. The fourth-order valence-electron chi connectivity index (χ4n) is 2.01. The van der Waals surface area contributed by atoms with E-state index in [1.54, 1.807) is 12.1 Å². The van der Waals surface area contributed by atoms with Gasteiger partial charge in [0.05, 0.1) is 0 Å². The molecule has 1 atom stereocenters. The van der Waals surface area contributed by atoms with Gasteiger partial charge in [0.1, 0.15) is 12.4 Å². The van der Waals surface area contributed by atoms with Crippen LogP contribution in [0.1, 0.15) is 25.8 Å². The Morgan fingerprint density at radius 3 is 2.48 bits per heavy atom. The van der Waals surface area contributed by atoms with E-state index in [4.69, 9.17) is 5.11 Å². The minimum Gasteiger partial charge on any atom is -0.480 e. The van der Waals surface area contributed by atoms with E-state index < -0.39 is 12.0 Å². The van der Waals surface area contributed by atoms with E-state index in [2.05, 4.69) is 5.32 Å². The number of carbonyl (C=O) groups is 2. The predicted molar refractivity (Wildman–Crippen MR) is 77.6 cm³/mol. The summed E-state index contributed by atoms with van der Waals surface area (Å²) in [7, 11) is 0. The third kappa shape index (κ3) is 6.25. The van der Waals surface area contributed by atoms with Crippen LogP contribution >= 0.6 is 0 Å². The number of carboxylic acid groups (broad SMARTS) is 1. The fourth-order valence-corrected chi connectivity index (χ4v) is 2.01. The van der Waals surface area contributed by atoms with E-state index in [-0.39, 0.29) is 18.4 Å². The molecule has 0 aliphatic rings. The summed E-state index contributed by atoms with van der Waals surface area (Å²) >= 11 is 0. The van der Waals surface area contributed by atoms with Gasteiger partial charge in [0, 0.05) is 12.6 Å². The van der Waals surface area contributed by atoms with Gasteiger partial charge in [-0.2, -0.15) is 0 Å². The average molecular weight is 296 g/mol. The molecule has 6 heteroatoms. The van der Waals surface area contributed by atoms with Gasteiger partial charge >= 0.3 is 12.0 Å². The van der Waals surface area contributed by atoms with Crippen LogP contribution in [0.25, 0.3) is 0 Å². The van der Waals surface area contributed by atoms with Crippen LogP contribution in [0.2, 0.25) is 0 Å². The maximum Gasteiger partial charge on any atom is 0.323 e. The second-order valence-electron chi connectivity index (χ2n) is 5.00. The number of nitrogens with one attached hydrogen (secondary N) is 1. The molecule has 5 nitrogen and oxygen atoms in total. The third-order valence-corrected chi connectivity index (χ3v) is 2.93. The van der Waals surface area contributed by atoms with E-state index in [1.807, 2.05) is 13.8 Å². The van der Waals surface area contributed by atoms with E-state index in [9.17, 15) is 14.0 Å². The van der Waals surface area contributed by atoms with Crippen molar-refractivity contribution in [2.75, 3.05) is 13.1 Å². The number of hydrogen-bond donors (Lipinski definition) is 2. The lowest BCUT2D eigenvalue weighted by molar-refractivity contribution is -0.137. The van der Waals surface area contributed by atoms with Crippen LogP contribution < -0.4 is 5.32 Å². The summed E-state index contributed by atoms with van der Waals surface area (Å²) in [5.74, 6) is -1.34. The molecule has 0 saturated heterocycles. The summed E-state index contributed by atoms with van der Waals surface area (Å²) in [5, 5.41) is 11.6. The first-order chi connectivity index (χ1) is 9.92. The summed E-state index contributed by atoms with van der Waals surface area (Å²) in [4.78, 5) is 24.0. The zero-order chi connectivity index (χ0) is 15.8. The predicted octanol–water partition coefficient (Wildman–Crippen LogP) is 2.26. The molecule has 0 bridgehead atoms. The minimum atomic E-state index is -1.04. The number of benzene rings is 1. The number of nitrogens with zero attached hydrogens (tertiary/aromatic N) is 1. The first-order valence-corrected chi connectivity index (χ1v) is 6.94. The highest BCUT2D eigenvalue weighted by atomic mass is 19.1. The number of urea groups is 1. The fraction of sp³-hybridized carbons (Fsp3) is 0.467. The molecular formula is C15H21FN2O3. The van der Waals surface area contributed by atoms with E-state index in [0.29, 0.717) is 19.4 Å². The number of halogens is 1. The van der Waals surface area contributed by atoms with Crippen LogP contribution in [0, 0.1) is 5.82 Å². The molecule has 0 radical (unpaired) electrons. The monoisotopic (exact) mass is 296 g/mol. The molecule has 2 N–H and O–H groups in total. The quantitative estimate of drug-likeness (QED) is 0.811. The standard InChI is InChI=1S/C15H21FN2O3/c1-3-8-18(10-14(19)20)15(21)17-11(2)9-12-4-6-13(16)7-5-12/h4-7,11H,3,8-10H2,1-2H3,(H,17,21)(H,19,20). The highest BCUT2D eigenvalue weighted by Crippen LogP contribution is 2.06. The smallest absolute Gasteiger partial charge is 0.323 e. The van der Waals surface area contributed by atoms with Crippen molar-refractivity contribution in [1.29, 1.82) is 0 Å². The lowest BCUT2D eigenvalue weighted by Crippen LogP contribution is -2.46. The summed E-state index contributed by atoms with van der Waals surface area (Å²) in [6.45, 7) is 3.78. The normalized spacial score (nSPS) is 11.8. The Balaban J connectivity index is 2.54. The number of carboxylic acids is 1. The van der Waals surface area contributed by atoms with Crippen molar-refractivity contribution in [3.63, 3.8) is 0 Å². The number of aliphatic carboxylic acids is 1. The van der Waals surface area contributed by atoms with Gasteiger partial charge in [-0.25, -0.2) is 9.18 Å². The van der Waals surface area contributed by atoms with Crippen molar-refractivity contribution in [2.24, 2.45) is 0 Å². The molecule has 0 saturated carbocycles. The second-order valence-corrected chi connectivity index (χ2v) is 5.00. The Bertz CT molecular complexity index is 476. The maximum atomic E-state index is 12.8. The molecular weight excluding hydrogens is 275 g/mol. The van der Waals surface area contributed by atoms with Crippen molar-refractivity contribution in [3.8, 4) is 0 Å². The first kappa shape index (κ1) is 16.9. The SMILES string of the molecule is CCCN(CC(=O)O)C(=O)NC(C)Cc1ccc(F)cc1. The second kappa shape index (κ2) is 8.24. The lowest BCUT2D eigenvalue weighted by Gasteiger charge is -2.23. The molecule has 1 aromatic carbocycles. The number of rotatable bonds is 7. The summed E-state index contributed by atoms with van der Waals surface area (Å²) < 4.78 is 12.8. The molecule has 0 fully saturated rings. The van der Waals surface area contributed by atoms with Gasteiger partial charge in [-0.3, -0.25) is 4.79 Å². The van der Waals surface area contributed by atoms with Crippen molar-refractivity contribution in [3.05, 3.63) is 35.6 Å². The van der Waals surface area contributed by atoms with Gasteiger partial charge in [0.15, 0.2) is 0 Å². The Kier molecular flexibility index (Phi) is 6.65. The van der Waals surface area contributed by atoms with Crippen LogP contribution in [0.3, 0.4) is 0 Å². The van der Waals surface area contributed by atoms with Crippen LogP contribution in [0.4, 0.5) is 9.18 Å². The molecule has 0 aliphatic heterocycles. The Morgan fingerprint density at radius 2 is 1.95 bits per heavy atom. The van der Waals surface area contributed by atoms with Crippen LogP contribution in [0.5, 0.6) is 0 Å². The van der Waals surface area contributed by atoms with Crippen molar-refractivity contribution >= 4 is 12.0 Å². The van der Waals surface area contributed by atoms with Crippen LogP contribution in [0.15, 0.2) is 24.3 Å². The Labute approximate surface area is 123 Å². The molecule has 0 aromatic heterocycles. The molecule has 1 rings (SSSR count). The largest absolute Gasteiger partial charge is 0.480 e. The van der Waals surface area contributed by atoms with Crippen LogP contribution in [-0.4, -0.2) is 41.1 Å². The molecule has 116 valence electrons. The molecule has 1 unspecified atom stereocenters. The minimum absolute atomic E-state index is 0.170. The van der Waals surface area contributed by atoms with Gasteiger partial charge in [-0.05, 0) is 37.5 Å². The zero-order valence-corrected chi connectivity index (χ0v) is 12.3.